The van der Waals surface area contributed by atoms with Gasteiger partial charge in [0.2, 0.25) is 15.9 Å². The lowest BCUT2D eigenvalue weighted by molar-refractivity contribution is 0.0526. The number of esters is 1. The Morgan fingerprint density at radius 1 is 1.22 bits per heavy atom. The van der Waals surface area contributed by atoms with Crippen molar-refractivity contribution >= 4 is 21.9 Å². The van der Waals surface area contributed by atoms with Gasteiger partial charge < -0.3 is 10.5 Å². The summed E-state index contributed by atoms with van der Waals surface area (Å²) < 4.78 is 27.1. The van der Waals surface area contributed by atoms with E-state index in [0.717, 1.165) is 18.2 Å². The van der Waals surface area contributed by atoms with E-state index in [0.29, 0.717) is 0 Å². The second-order valence-corrected chi connectivity index (χ2v) is 4.94. The van der Waals surface area contributed by atoms with Crippen molar-refractivity contribution in [2.45, 2.75) is 11.8 Å². The summed E-state index contributed by atoms with van der Waals surface area (Å²) in [6, 6.07) is 3.18. The van der Waals surface area contributed by atoms with Gasteiger partial charge in [-0.2, -0.15) is 0 Å². The van der Waals surface area contributed by atoms with Crippen LogP contribution in [-0.2, 0) is 14.8 Å². The molecule has 1 amide bonds. The Kier molecular flexibility index (Phi) is 4.04. The van der Waals surface area contributed by atoms with Gasteiger partial charge in [0.25, 0.3) is 0 Å². The van der Waals surface area contributed by atoms with Gasteiger partial charge in [0.15, 0.2) is 0 Å². The van der Waals surface area contributed by atoms with E-state index in [1.807, 2.05) is 0 Å². The van der Waals surface area contributed by atoms with Crippen LogP contribution in [0.2, 0.25) is 0 Å². The zero-order valence-electron chi connectivity index (χ0n) is 9.54. The molecule has 0 fully saturated rings. The number of sulfonamides is 1. The quantitative estimate of drug-likeness (QED) is 0.721. The van der Waals surface area contributed by atoms with Gasteiger partial charge in [0.1, 0.15) is 0 Å². The predicted molar refractivity (Wildman–Crippen MR) is 62.3 cm³/mol. The first kappa shape index (κ1) is 14.1. The van der Waals surface area contributed by atoms with Gasteiger partial charge in [-0.15, -0.1) is 0 Å². The van der Waals surface area contributed by atoms with Crippen molar-refractivity contribution in [2.24, 2.45) is 10.9 Å². The minimum atomic E-state index is -4.05. The molecule has 0 aliphatic carbocycles. The fourth-order valence-corrected chi connectivity index (χ4v) is 1.82. The van der Waals surface area contributed by atoms with Gasteiger partial charge in [-0.1, -0.05) is 0 Å². The number of hydrogen-bond donors (Lipinski definition) is 2. The Bertz CT molecular complexity index is 594. The van der Waals surface area contributed by atoms with E-state index in [-0.39, 0.29) is 22.6 Å². The lowest BCUT2D eigenvalue weighted by atomic mass is 10.1. The molecule has 8 heteroatoms. The van der Waals surface area contributed by atoms with Crippen molar-refractivity contribution in [1.82, 2.24) is 0 Å². The molecule has 7 nitrogen and oxygen atoms in total. The van der Waals surface area contributed by atoms with Crippen molar-refractivity contribution in [1.29, 1.82) is 0 Å². The molecule has 0 saturated carbocycles. The van der Waals surface area contributed by atoms with Gasteiger partial charge >= 0.3 is 5.97 Å². The molecule has 0 aliphatic heterocycles. The van der Waals surface area contributed by atoms with Gasteiger partial charge in [-0.25, -0.2) is 18.4 Å². The number of primary sulfonamides is 1. The summed E-state index contributed by atoms with van der Waals surface area (Å²) in [7, 11) is -4.05. The monoisotopic (exact) mass is 272 g/mol. The van der Waals surface area contributed by atoms with Crippen LogP contribution in [0.25, 0.3) is 0 Å². The van der Waals surface area contributed by atoms with Gasteiger partial charge in [-0.05, 0) is 25.1 Å². The summed E-state index contributed by atoms with van der Waals surface area (Å²) >= 11 is 0. The highest BCUT2D eigenvalue weighted by Crippen LogP contribution is 2.15. The molecule has 4 N–H and O–H groups in total. The molecule has 0 spiro atoms. The number of carbonyl (C=O) groups is 2. The van der Waals surface area contributed by atoms with E-state index < -0.39 is 21.9 Å². The molecule has 0 aromatic heterocycles. The maximum atomic E-state index is 11.5. The number of ether oxygens (including phenoxy) is 1. The third kappa shape index (κ3) is 3.28. The lowest BCUT2D eigenvalue weighted by Gasteiger charge is -2.06. The van der Waals surface area contributed by atoms with Gasteiger partial charge in [0.05, 0.1) is 17.1 Å². The highest BCUT2D eigenvalue weighted by atomic mass is 32.2. The van der Waals surface area contributed by atoms with E-state index in [9.17, 15) is 18.0 Å². The van der Waals surface area contributed by atoms with Crippen molar-refractivity contribution < 1.29 is 22.7 Å². The number of carbonyl (C=O) groups excluding carboxylic acids is 2. The summed E-state index contributed by atoms with van der Waals surface area (Å²) in [5.41, 5.74) is 4.81. The van der Waals surface area contributed by atoms with E-state index >= 15 is 0 Å². The highest BCUT2D eigenvalue weighted by molar-refractivity contribution is 7.89. The number of amides is 1. The molecule has 1 rings (SSSR count). The molecule has 0 unspecified atom stereocenters. The predicted octanol–water partition coefficient (Wildman–Crippen LogP) is -0.390. The molecule has 0 saturated heterocycles. The van der Waals surface area contributed by atoms with Crippen LogP contribution in [0.3, 0.4) is 0 Å². The third-order valence-corrected chi connectivity index (χ3v) is 2.92. The average Bonchev–Trinajstić information content (AvgIpc) is 2.27. The molecule has 0 heterocycles. The fraction of sp³-hybridized carbons (Fsp3) is 0.200. The van der Waals surface area contributed by atoms with Crippen LogP contribution >= 0.6 is 0 Å². The van der Waals surface area contributed by atoms with E-state index in [4.69, 9.17) is 15.6 Å². The molecule has 18 heavy (non-hydrogen) atoms. The van der Waals surface area contributed by atoms with Crippen molar-refractivity contribution in [3.05, 3.63) is 29.3 Å². The second-order valence-electron chi connectivity index (χ2n) is 3.38. The summed E-state index contributed by atoms with van der Waals surface area (Å²) in [6.45, 7) is 1.71. The number of primary amides is 1. The SMILES string of the molecule is CCOC(=O)c1cc(C(N)=O)cc(S(N)(=O)=O)c1. The first-order valence-corrected chi connectivity index (χ1v) is 6.45. The van der Waals surface area contributed by atoms with Crippen LogP contribution < -0.4 is 10.9 Å². The van der Waals surface area contributed by atoms with Gasteiger partial charge in [-0.3, -0.25) is 4.79 Å². The average molecular weight is 272 g/mol. The standard InChI is InChI=1S/C10H12N2O5S/c1-2-17-10(14)7-3-6(9(11)13)4-8(5-7)18(12,15)16/h3-5H,2H2,1H3,(H2,11,13)(H2,12,15,16). The first-order valence-electron chi connectivity index (χ1n) is 4.90. The molecule has 0 aliphatic rings. The van der Waals surface area contributed by atoms with Crippen molar-refractivity contribution in [3.8, 4) is 0 Å². The maximum Gasteiger partial charge on any atom is 0.338 e. The molecule has 0 radical (unpaired) electrons. The number of nitrogens with two attached hydrogens (primary N) is 2. The molecule has 0 atom stereocenters. The Morgan fingerprint density at radius 3 is 2.22 bits per heavy atom. The molecular weight excluding hydrogens is 260 g/mol. The van der Waals surface area contributed by atoms with E-state index in [1.165, 1.54) is 0 Å². The summed E-state index contributed by atoms with van der Waals surface area (Å²) in [4.78, 5) is 22.2. The third-order valence-electron chi connectivity index (χ3n) is 2.03. The minimum Gasteiger partial charge on any atom is -0.462 e. The molecule has 0 bridgehead atoms. The Morgan fingerprint density at radius 2 is 1.78 bits per heavy atom. The molecule has 1 aromatic rings. The minimum absolute atomic E-state index is 0.0998. The van der Waals surface area contributed by atoms with Crippen LogP contribution in [0.1, 0.15) is 27.6 Å². The molecule has 98 valence electrons. The lowest BCUT2D eigenvalue weighted by Crippen LogP contribution is -2.18. The Labute approximate surface area is 104 Å². The summed E-state index contributed by atoms with van der Waals surface area (Å²) in [5, 5.41) is 4.94. The van der Waals surface area contributed by atoms with E-state index in [2.05, 4.69) is 0 Å². The number of benzene rings is 1. The second kappa shape index (κ2) is 5.15. The van der Waals surface area contributed by atoms with Crippen LogP contribution in [0.4, 0.5) is 0 Å². The normalized spacial score (nSPS) is 11.0. The Balaban J connectivity index is 3.41. The van der Waals surface area contributed by atoms with Crippen LogP contribution in [-0.4, -0.2) is 26.9 Å². The zero-order chi connectivity index (χ0) is 13.9. The smallest absolute Gasteiger partial charge is 0.338 e. The largest absolute Gasteiger partial charge is 0.462 e. The topological polar surface area (TPSA) is 130 Å². The highest BCUT2D eigenvalue weighted by Gasteiger charge is 2.17. The molecule has 1 aromatic carbocycles. The van der Waals surface area contributed by atoms with Crippen molar-refractivity contribution in [3.63, 3.8) is 0 Å². The summed E-state index contributed by atoms with van der Waals surface area (Å²) in [5.74, 6) is -1.63. The zero-order valence-corrected chi connectivity index (χ0v) is 10.4. The number of hydrogen-bond acceptors (Lipinski definition) is 5. The Hall–Kier alpha value is -1.93. The first-order chi connectivity index (χ1) is 8.25. The summed E-state index contributed by atoms with van der Waals surface area (Å²) in [6.07, 6.45) is 0. The number of rotatable bonds is 4. The molecular formula is C10H12N2O5S. The van der Waals surface area contributed by atoms with Crippen LogP contribution in [0.5, 0.6) is 0 Å². The van der Waals surface area contributed by atoms with E-state index in [1.54, 1.807) is 6.92 Å². The maximum absolute atomic E-state index is 11.5. The van der Waals surface area contributed by atoms with Crippen LogP contribution in [0.15, 0.2) is 23.1 Å². The van der Waals surface area contributed by atoms with Gasteiger partial charge in [0, 0.05) is 5.56 Å². The van der Waals surface area contributed by atoms with Crippen LogP contribution in [0, 0.1) is 0 Å². The van der Waals surface area contributed by atoms with Crippen molar-refractivity contribution in [2.75, 3.05) is 6.61 Å². The fourth-order valence-electron chi connectivity index (χ4n) is 1.24.